The Morgan fingerprint density at radius 1 is 0.422 bits per heavy atom. The molecule has 0 aliphatic rings. The molecule has 6 heteroatoms. The highest BCUT2D eigenvalue weighted by Crippen LogP contribution is 2.17. The molecular weight excluding hydrogens is 791 g/mol. The van der Waals surface area contributed by atoms with Crippen LogP contribution >= 0.6 is 0 Å². The van der Waals surface area contributed by atoms with Crippen molar-refractivity contribution in [3.63, 3.8) is 0 Å². The first-order chi connectivity index (χ1) is 31.5. The molecule has 2 atom stereocenters. The lowest BCUT2D eigenvalue weighted by molar-refractivity contribution is -0.143. The summed E-state index contributed by atoms with van der Waals surface area (Å²) in [5.41, 5.74) is 0. The van der Waals surface area contributed by atoms with Crippen LogP contribution in [-0.2, 0) is 14.3 Å². The average Bonchev–Trinajstić information content (AvgIpc) is 3.29. The van der Waals surface area contributed by atoms with Crippen LogP contribution in [0.25, 0.3) is 0 Å². The van der Waals surface area contributed by atoms with Gasteiger partial charge in [0.25, 0.3) is 0 Å². The lowest BCUT2D eigenvalue weighted by atomic mass is 10.0. The molecule has 0 rings (SSSR count). The molecule has 0 aromatic rings. The monoisotopic (exact) mass is 902 g/mol. The van der Waals surface area contributed by atoms with E-state index in [-0.39, 0.29) is 18.5 Å². The Balaban J connectivity index is 3.46. The maximum atomic E-state index is 12.5. The maximum absolute atomic E-state index is 12.5. The number of rotatable bonds is 53. The third-order valence-electron chi connectivity index (χ3n) is 13.2. The zero-order valence-corrected chi connectivity index (χ0v) is 43.0. The number of amides is 1. The third-order valence-corrected chi connectivity index (χ3v) is 13.2. The van der Waals surface area contributed by atoms with Gasteiger partial charge in [0.2, 0.25) is 5.91 Å². The van der Waals surface area contributed by atoms with Gasteiger partial charge in [-0.3, -0.25) is 9.59 Å². The predicted octanol–water partition coefficient (Wildman–Crippen LogP) is 17.5. The molecule has 6 nitrogen and oxygen atoms in total. The fraction of sp³-hybridized carbons (Fsp3) is 0.897. The topological polar surface area (TPSA) is 95.9 Å². The van der Waals surface area contributed by atoms with E-state index < -0.39 is 12.1 Å². The van der Waals surface area contributed by atoms with E-state index in [4.69, 9.17) is 4.74 Å². The van der Waals surface area contributed by atoms with Crippen LogP contribution in [0.4, 0.5) is 0 Å². The smallest absolute Gasteiger partial charge is 0.305 e. The predicted molar refractivity (Wildman–Crippen MR) is 278 cm³/mol. The van der Waals surface area contributed by atoms with Gasteiger partial charge in [-0.1, -0.05) is 244 Å². The number of hydrogen-bond donors (Lipinski definition) is 3. The molecule has 0 saturated carbocycles. The molecule has 0 radical (unpaired) electrons. The summed E-state index contributed by atoms with van der Waals surface area (Å²) < 4.78 is 5.46. The molecular formula is C58H111NO5. The maximum Gasteiger partial charge on any atom is 0.305 e. The van der Waals surface area contributed by atoms with Crippen LogP contribution < -0.4 is 5.32 Å². The largest absolute Gasteiger partial charge is 0.466 e. The highest BCUT2D eigenvalue weighted by molar-refractivity contribution is 5.76. The second kappa shape index (κ2) is 54.0. The number of esters is 1. The van der Waals surface area contributed by atoms with Crippen molar-refractivity contribution in [2.45, 2.75) is 321 Å². The van der Waals surface area contributed by atoms with Crippen molar-refractivity contribution in [1.82, 2.24) is 5.32 Å². The Bertz CT molecular complexity index is 997. The van der Waals surface area contributed by atoms with Crippen molar-refractivity contribution in [3.05, 3.63) is 24.3 Å². The number of nitrogens with one attached hydrogen (secondary N) is 1. The van der Waals surface area contributed by atoms with Gasteiger partial charge in [-0.2, -0.15) is 0 Å². The van der Waals surface area contributed by atoms with E-state index in [2.05, 4.69) is 43.5 Å². The summed E-state index contributed by atoms with van der Waals surface area (Å²) in [6, 6.07) is -0.550. The van der Waals surface area contributed by atoms with E-state index in [1.54, 1.807) is 0 Å². The quantitative estimate of drug-likeness (QED) is 0.0321. The normalized spacial score (nSPS) is 12.8. The van der Waals surface area contributed by atoms with Crippen molar-refractivity contribution in [3.8, 4) is 0 Å². The molecule has 0 saturated heterocycles. The molecule has 0 aromatic carbocycles. The van der Waals surface area contributed by atoms with Crippen LogP contribution in [-0.4, -0.2) is 47.4 Å². The van der Waals surface area contributed by atoms with Gasteiger partial charge in [0, 0.05) is 12.8 Å². The van der Waals surface area contributed by atoms with Crippen molar-refractivity contribution in [1.29, 1.82) is 0 Å². The van der Waals surface area contributed by atoms with Gasteiger partial charge in [-0.25, -0.2) is 0 Å². The van der Waals surface area contributed by atoms with Gasteiger partial charge >= 0.3 is 5.97 Å². The second-order valence-electron chi connectivity index (χ2n) is 19.6. The number of carbonyl (C=O) groups is 2. The van der Waals surface area contributed by atoms with Crippen LogP contribution in [0.1, 0.15) is 309 Å². The Morgan fingerprint density at radius 3 is 1.11 bits per heavy atom. The van der Waals surface area contributed by atoms with E-state index in [1.165, 1.54) is 218 Å². The molecule has 0 aromatic heterocycles. The molecule has 0 heterocycles. The lowest BCUT2D eigenvalue weighted by Gasteiger charge is -2.22. The van der Waals surface area contributed by atoms with E-state index >= 15 is 0 Å². The summed E-state index contributed by atoms with van der Waals surface area (Å²) in [6.45, 7) is 4.93. The molecule has 0 fully saturated rings. The number of aliphatic hydroxyl groups excluding tert-OH is 2. The van der Waals surface area contributed by atoms with Gasteiger partial charge in [0.05, 0.1) is 25.4 Å². The Hall–Kier alpha value is -1.66. The van der Waals surface area contributed by atoms with E-state index in [0.29, 0.717) is 25.9 Å². The number of allylic oxidation sites excluding steroid dienone is 4. The Kier molecular flexibility index (Phi) is 52.6. The average molecular weight is 903 g/mol. The molecule has 378 valence electrons. The van der Waals surface area contributed by atoms with Gasteiger partial charge in [-0.15, -0.1) is 0 Å². The number of carbonyl (C=O) groups excluding carboxylic acids is 2. The van der Waals surface area contributed by atoms with E-state index in [9.17, 15) is 19.8 Å². The van der Waals surface area contributed by atoms with Crippen molar-refractivity contribution < 1.29 is 24.5 Å². The highest BCUT2D eigenvalue weighted by atomic mass is 16.5. The summed E-state index contributed by atoms with van der Waals surface area (Å²) >= 11 is 0. The zero-order chi connectivity index (χ0) is 46.5. The number of unbranched alkanes of at least 4 members (excludes halogenated alkanes) is 38. The summed E-state index contributed by atoms with van der Waals surface area (Å²) in [5, 5.41) is 23.3. The minimum absolute atomic E-state index is 0.0101. The molecule has 3 N–H and O–H groups in total. The fourth-order valence-electron chi connectivity index (χ4n) is 8.81. The first kappa shape index (κ1) is 62.3. The Labute approximate surface area is 399 Å². The van der Waals surface area contributed by atoms with Crippen LogP contribution in [0.3, 0.4) is 0 Å². The summed E-state index contributed by atoms with van der Waals surface area (Å²) in [5.74, 6) is -0.0559. The van der Waals surface area contributed by atoms with Crippen LogP contribution in [0, 0.1) is 0 Å². The summed E-state index contributed by atoms with van der Waals surface area (Å²) in [4.78, 5) is 24.5. The molecule has 0 spiro atoms. The standard InChI is InChI=1S/C58H111NO5/c1-3-5-7-9-11-13-15-17-19-23-26-30-34-38-42-46-50-56(61)55(54-60)59-57(62)51-47-43-39-35-31-27-24-21-20-22-25-29-33-37-41-45-49-53-64-58(63)52-48-44-40-36-32-28-18-16-14-12-10-8-6-4-2/h16,18,20,22,55-56,60-61H,3-15,17,19,21,23-54H2,1-2H3,(H,59,62)/b18-16-,22-20-. The van der Waals surface area contributed by atoms with Gasteiger partial charge in [0.1, 0.15) is 0 Å². The minimum Gasteiger partial charge on any atom is -0.466 e. The first-order valence-electron chi connectivity index (χ1n) is 28.6. The first-order valence-corrected chi connectivity index (χ1v) is 28.6. The molecule has 1 amide bonds. The summed E-state index contributed by atoms with van der Waals surface area (Å²) in [6.07, 6.45) is 64.4. The minimum atomic E-state index is -0.672. The molecule has 64 heavy (non-hydrogen) atoms. The fourth-order valence-corrected chi connectivity index (χ4v) is 8.81. The van der Waals surface area contributed by atoms with E-state index in [1.807, 2.05) is 0 Å². The van der Waals surface area contributed by atoms with Crippen molar-refractivity contribution >= 4 is 11.9 Å². The molecule has 0 aliphatic heterocycles. The van der Waals surface area contributed by atoms with E-state index in [0.717, 1.165) is 57.8 Å². The van der Waals surface area contributed by atoms with Crippen LogP contribution in [0.15, 0.2) is 24.3 Å². The number of hydrogen-bond acceptors (Lipinski definition) is 5. The summed E-state index contributed by atoms with van der Waals surface area (Å²) in [7, 11) is 0. The highest BCUT2D eigenvalue weighted by Gasteiger charge is 2.20. The molecule has 0 aliphatic carbocycles. The number of aliphatic hydroxyl groups is 2. The zero-order valence-electron chi connectivity index (χ0n) is 43.0. The van der Waals surface area contributed by atoms with Crippen LogP contribution in [0.5, 0.6) is 0 Å². The van der Waals surface area contributed by atoms with Crippen molar-refractivity contribution in [2.24, 2.45) is 0 Å². The Morgan fingerprint density at radius 2 is 0.734 bits per heavy atom. The van der Waals surface area contributed by atoms with Gasteiger partial charge < -0.3 is 20.3 Å². The SMILES string of the molecule is CCCCCCC/C=C\CCCCCCCC(=O)OCCCCCCCC/C=C\CCCCCCCCCC(=O)NC(CO)C(O)CCCCCCCCCCCCCCCCCC. The second-order valence-corrected chi connectivity index (χ2v) is 19.6. The third kappa shape index (κ3) is 49.8. The van der Waals surface area contributed by atoms with Gasteiger partial charge in [0.15, 0.2) is 0 Å². The van der Waals surface area contributed by atoms with Crippen molar-refractivity contribution in [2.75, 3.05) is 13.2 Å². The van der Waals surface area contributed by atoms with Crippen LogP contribution in [0.2, 0.25) is 0 Å². The number of ether oxygens (including phenoxy) is 1. The molecule has 0 bridgehead atoms. The van der Waals surface area contributed by atoms with Gasteiger partial charge in [-0.05, 0) is 77.0 Å². The lowest BCUT2D eigenvalue weighted by Crippen LogP contribution is -2.45. The molecule has 2 unspecified atom stereocenters.